The molecule has 3 rings (SSSR count). The molecule has 0 aliphatic heterocycles. The topological polar surface area (TPSA) is 64.6 Å². The summed E-state index contributed by atoms with van der Waals surface area (Å²) in [5.74, 6) is -2.70. The minimum absolute atomic E-state index is 0.586. The van der Waals surface area contributed by atoms with Crippen molar-refractivity contribution < 1.29 is 27.8 Å². The largest absolute Gasteiger partial charge is 0.497 e. The van der Waals surface area contributed by atoms with Gasteiger partial charge in [-0.1, -0.05) is 24.3 Å². The molecule has 29 heavy (non-hydrogen) atoms. The van der Waals surface area contributed by atoms with Gasteiger partial charge in [0, 0.05) is 6.08 Å². The molecular weight excluding hydrogens is 380 g/mol. The quantitative estimate of drug-likeness (QED) is 0.497. The number of hydrogen-bond donors (Lipinski definition) is 1. The van der Waals surface area contributed by atoms with Crippen molar-refractivity contribution in [2.75, 3.05) is 19.0 Å². The first-order valence-corrected chi connectivity index (χ1v) is 8.63. The third-order valence-electron chi connectivity index (χ3n) is 4.06. The highest BCUT2D eigenvalue weighted by atomic mass is 19.1. The number of nitrogens with one attached hydrogen (secondary N) is 1. The predicted octanol–water partition coefficient (Wildman–Crippen LogP) is 4.32. The predicted molar refractivity (Wildman–Crippen MR) is 105 cm³/mol. The van der Waals surface area contributed by atoms with Gasteiger partial charge in [0.05, 0.1) is 7.11 Å². The summed E-state index contributed by atoms with van der Waals surface area (Å²) >= 11 is 0. The SMILES string of the molecule is COc1ccc2cc(/C=C/C(=O)OCC(=O)Nc3c(F)cccc3F)ccc2c1. The second-order valence-electron chi connectivity index (χ2n) is 6.06. The van der Waals surface area contributed by atoms with Crippen LogP contribution in [0.5, 0.6) is 5.75 Å². The van der Waals surface area contributed by atoms with Gasteiger partial charge >= 0.3 is 5.97 Å². The number of carbonyl (C=O) groups excluding carboxylic acids is 2. The number of amides is 1. The smallest absolute Gasteiger partial charge is 0.331 e. The highest BCUT2D eigenvalue weighted by Crippen LogP contribution is 2.22. The summed E-state index contributed by atoms with van der Waals surface area (Å²) in [5, 5.41) is 3.99. The normalized spacial score (nSPS) is 10.9. The Hall–Kier alpha value is -3.74. The lowest BCUT2D eigenvalue weighted by Gasteiger charge is -2.07. The Labute approximate surface area is 165 Å². The number of hydrogen-bond acceptors (Lipinski definition) is 4. The summed E-state index contributed by atoms with van der Waals surface area (Å²) in [7, 11) is 1.59. The number of rotatable bonds is 6. The molecule has 0 saturated heterocycles. The van der Waals surface area contributed by atoms with E-state index in [4.69, 9.17) is 9.47 Å². The molecule has 1 amide bonds. The van der Waals surface area contributed by atoms with Gasteiger partial charge in [-0.05, 0) is 52.7 Å². The Kier molecular flexibility index (Phi) is 6.19. The maximum atomic E-state index is 13.5. The number of carbonyl (C=O) groups is 2. The summed E-state index contributed by atoms with van der Waals surface area (Å²) in [4.78, 5) is 23.5. The molecule has 0 heterocycles. The second kappa shape index (κ2) is 8.97. The van der Waals surface area contributed by atoms with Gasteiger partial charge in [0.15, 0.2) is 6.61 Å². The van der Waals surface area contributed by atoms with Crippen LogP contribution in [-0.2, 0) is 14.3 Å². The molecule has 0 bridgehead atoms. The van der Waals surface area contributed by atoms with Crippen molar-refractivity contribution in [3.8, 4) is 5.75 Å². The third-order valence-corrected chi connectivity index (χ3v) is 4.06. The molecule has 0 aliphatic rings. The molecule has 7 heteroatoms. The number of halogens is 2. The molecule has 3 aromatic carbocycles. The van der Waals surface area contributed by atoms with Crippen LogP contribution in [0.25, 0.3) is 16.8 Å². The van der Waals surface area contributed by atoms with Crippen LogP contribution >= 0.6 is 0 Å². The summed E-state index contributed by atoms with van der Waals surface area (Å²) in [5.41, 5.74) is 0.175. The van der Waals surface area contributed by atoms with Gasteiger partial charge in [-0.2, -0.15) is 0 Å². The van der Waals surface area contributed by atoms with Crippen LogP contribution in [0.2, 0.25) is 0 Å². The molecule has 0 atom stereocenters. The van der Waals surface area contributed by atoms with Crippen LogP contribution in [0.3, 0.4) is 0 Å². The fourth-order valence-corrected chi connectivity index (χ4v) is 2.61. The van der Waals surface area contributed by atoms with Gasteiger partial charge in [0.2, 0.25) is 0 Å². The molecule has 0 unspecified atom stereocenters. The maximum Gasteiger partial charge on any atom is 0.331 e. The highest BCUT2D eigenvalue weighted by molar-refractivity contribution is 5.95. The van der Waals surface area contributed by atoms with Gasteiger partial charge in [-0.25, -0.2) is 13.6 Å². The fraction of sp³-hybridized carbons (Fsp3) is 0.0909. The van der Waals surface area contributed by atoms with Gasteiger partial charge in [-0.15, -0.1) is 0 Å². The minimum atomic E-state index is -0.918. The van der Waals surface area contributed by atoms with Gasteiger partial charge in [0.1, 0.15) is 23.1 Å². The van der Waals surface area contributed by atoms with Crippen molar-refractivity contribution in [2.24, 2.45) is 0 Å². The fourth-order valence-electron chi connectivity index (χ4n) is 2.61. The Morgan fingerprint density at radius 2 is 1.69 bits per heavy atom. The number of methoxy groups -OCH3 is 1. The van der Waals surface area contributed by atoms with E-state index in [1.165, 1.54) is 12.1 Å². The van der Waals surface area contributed by atoms with E-state index in [0.717, 1.165) is 34.2 Å². The number of anilines is 1. The van der Waals surface area contributed by atoms with E-state index < -0.39 is 35.8 Å². The maximum absolute atomic E-state index is 13.5. The second-order valence-corrected chi connectivity index (χ2v) is 6.06. The van der Waals surface area contributed by atoms with Gasteiger partial charge < -0.3 is 14.8 Å². The molecule has 5 nitrogen and oxygen atoms in total. The molecule has 1 N–H and O–H groups in total. The van der Waals surface area contributed by atoms with Crippen LogP contribution in [0.4, 0.5) is 14.5 Å². The van der Waals surface area contributed by atoms with Crippen LogP contribution in [-0.4, -0.2) is 25.6 Å². The number of benzene rings is 3. The van der Waals surface area contributed by atoms with Crippen LogP contribution in [0, 0.1) is 11.6 Å². The highest BCUT2D eigenvalue weighted by Gasteiger charge is 2.12. The lowest BCUT2D eigenvalue weighted by atomic mass is 10.1. The molecule has 0 saturated carbocycles. The summed E-state index contributed by atoms with van der Waals surface area (Å²) < 4.78 is 37.0. The minimum Gasteiger partial charge on any atom is -0.497 e. The molecular formula is C22H17F2NO4. The monoisotopic (exact) mass is 397 g/mol. The van der Waals surface area contributed by atoms with Crippen molar-refractivity contribution >= 4 is 34.4 Å². The van der Waals surface area contributed by atoms with Crippen LogP contribution < -0.4 is 10.1 Å². The summed E-state index contributed by atoms with van der Waals surface area (Å²) in [6.07, 6.45) is 2.71. The van der Waals surface area contributed by atoms with E-state index in [1.807, 2.05) is 41.7 Å². The van der Waals surface area contributed by atoms with Gasteiger partial charge in [-0.3, -0.25) is 4.79 Å². The lowest BCUT2D eigenvalue weighted by Crippen LogP contribution is -2.21. The van der Waals surface area contributed by atoms with Crippen molar-refractivity contribution in [1.82, 2.24) is 0 Å². The van der Waals surface area contributed by atoms with E-state index in [1.54, 1.807) is 13.2 Å². The Balaban J connectivity index is 1.57. The molecule has 0 spiro atoms. The summed E-state index contributed by atoms with van der Waals surface area (Å²) in [6, 6.07) is 14.4. The first-order chi connectivity index (χ1) is 14.0. The average Bonchev–Trinajstić information content (AvgIpc) is 2.73. The molecule has 0 radical (unpaired) electrons. The zero-order valence-corrected chi connectivity index (χ0v) is 15.4. The van der Waals surface area contributed by atoms with Crippen LogP contribution in [0.15, 0.2) is 60.7 Å². The Morgan fingerprint density at radius 1 is 1.00 bits per heavy atom. The van der Waals surface area contributed by atoms with E-state index in [9.17, 15) is 18.4 Å². The Bertz CT molecular complexity index is 1080. The average molecular weight is 397 g/mol. The summed E-state index contributed by atoms with van der Waals surface area (Å²) in [6.45, 7) is -0.672. The van der Waals surface area contributed by atoms with Crippen molar-refractivity contribution in [3.63, 3.8) is 0 Å². The van der Waals surface area contributed by atoms with Gasteiger partial charge in [0.25, 0.3) is 5.91 Å². The first kappa shape index (κ1) is 20.0. The zero-order chi connectivity index (χ0) is 20.8. The number of para-hydroxylation sites is 1. The van der Waals surface area contributed by atoms with E-state index in [2.05, 4.69) is 0 Å². The molecule has 3 aromatic rings. The Morgan fingerprint density at radius 3 is 2.41 bits per heavy atom. The first-order valence-electron chi connectivity index (χ1n) is 8.63. The third kappa shape index (κ3) is 5.16. The molecule has 0 aliphatic carbocycles. The van der Waals surface area contributed by atoms with Crippen molar-refractivity contribution in [1.29, 1.82) is 0 Å². The zero-order valence-electron chi connectivity index (χ0n) is 15.4. The molecule has 0 aromatic heterocycles. The van der Waals surface area contributed by atoms with E-state index >= 15 is 0 Å². The van der Waals surface area contributed by atoms with E-state index in [-0.39, 0.29) is 0 Å². The van der Waals surface area contributed by atoms with Crippen molar-refractivity contribution in [2.45, 2.75) is 0 Å². The molecule has 148 valence electrons. The van der Waals surface area contributed by atoms with Crippen molar-refractivity contribution in [3.05, 3.63) is 77.9 Å². The number of ether oxygens (including phenoxy) is 2. The molecule has 0 fully saturated rings. The number of esters is 1. The van der Waals surface area contributed by atoms with Crippen LogP contribution in [0.1, 0.15) is 5.56 Å². The lowest BCUT2D eigenvalue weighted by molar-refractivity contribution is -0.142. The number of fused-ring (bicyclic) bond motifs is 1. The standard InChI is InChI=1S/C22H17F2NO4/c1-28-17-9-8-15-11-14(5-7-16(15)12-17)6-10-21(27)29-13-20(26)25-22-18(23)3-2-4-19(22)24/h2-12H,13H2,1H3,(H,25,26)/b10-6+. The van der Waals surface area contributed by atoms with E-state index in [0.29, 0.717) is 0 Å².